The van der Waals surface area contributed by atoms with E-state index in [0.717, 1.165) is 0 Å². The van der Waals surface area contributed by atoms with Crippen LogP contribution < -0.4 is 9.47 Å². The summed E-state index contributed by atoms with van der Waals surface area (Å²) in [7, 11) is 3.10. The number of aliphatic hydroxyl groups excluding tert-OH is 1. The second kappa shape index (κ2) is 3.96. The van der Waals surface area contributed by atoms with Crippen molar-refractivity contribution < 1.29 is 19.7 Å². The van der Waals surface area contributed by atoms with Crippen molar-refractivity contribution in [2.45, 2.75) is 24.5 Å². The van der Waals surface area contributed by atoms with Crippen molar-refractivity contribution in [1.29, 1.82) is 0 Å². The minimum Gasteiger partial charge on any atom is -0.493 e. The van der Waals surface area contributed by atoms with Crippen LogP contribution in [0.5, 0.6) is 11.5 Å². The van der Waals surface area contributed by atoms with E-state index in [0.29, 0.717) is 29.9 Å². The van der Waals surface area contributed by atoms with Crippen molar-refractivity contribution in [2.75, 3.05) is 14.2 Å². The molecule has 1 aliphatic carbocycles. The zero-order valence-electron chi connectivity index (χ0n) is 9.43. The molecule has 0 saturated heterocycles. The molecule has 2 rings (SSSR count). The zero-order valence-corrected chi connectivity index (χ0v) is 9.43. The van der Waals surface area contributed by atoms with Gasteiger partial charge in [-0.1, -0.05) is 6.07 Å². The number of methoxy groups -OCH3 is 2. The molecule has 2 N–H and O–H groups in total. The average molecular weight is 224 g/mol. The van der Waals surface area contributed by atoms with Crippen LogP contribution in [-0.2, 0) is 0 Å². The van der Waals surface area contributed by atoms with Gasteiger partial charge < -0.3 is 19.7 Å². The number of benzene rings is 1. The van der Waals surface area contributed by atoms with E-state index in [9.17, 15) is 10.2 Å². The summed E-state index contributed by atoms with van der Waals surface area (Å²) in [4.78, 5) is 0. The summed E-state index contributed by atoms with van der Waals surface area (Å²) < 4.78 is 10.2. The fourth-order valence-electron chi connectivity index (χ4n) is 1.73. The van der Waals surface area contributed by atoms with Crippen molar-refractivity contribution in [2.24, 2.45) is 0 Å². The number of ether oxygens (including phenoxy) is 2. The van der Waals surface area contributed by atoms with Gasteiger partial charge in [0.25, 0.3) is 0 Å². The van der Waals surface area contributed by atoms with Crippen LogP contribution in [0.2, 0.25) is 0 Å². The van der Waals surface area contributed by atoms with Crippen LogP contribution >= 0.6 is 0 Å². The highest BCUT2D eigenvalue weighted by molar-refractivity contribution is 5.44. The van der Waals surface area contributed by atoms with Crippen molar-refractivity contribution in [1.82, 2.24) is 0 Å². The lowest BCUT2D eigenvalue weighted by molar-refractivity contribution is -0.00184. The number of rotatable bonds is 4. The average Bonchev–Trinajstić information content (AvgIpc) is 3.06. The van der Waals surface area contributed by atoms with Crippen molar-refractivity contribution in [3.05, 3.63) is 23.8 Å². The van der Waals surface area contributed by atoms with Crippen molar-refractivity contribution in [3.8, 4) is 11.5 Å². The number of hydrogen-bond acceptors (Lipinski definition) is 4. The lowest BCUT2D eigenvalue weighted by atomic mass is 10.0. The van der Waals surface area contributed by atoms with Crippen LogP contribution in [0.3, 0.4) is 0 Å². The van der Waals surface area contributed by atoms with Crippen molar-refractivity contribution in [3.63, 3.8) is 0 Å². The fourth-order valence-corrected chi connectivity index (χ4v) is 1.73. The molecule has 88 valence electrons. The second-order valence-electron chi connectivity index (χ2n) is 4.12. The van der Waals surface area contributed by atoms with Gasteiger partial charge in [-0.15, -0.1) is 0 Å². The first-order valence-corrected chi connectivity index (χ1v) is 5.23. The Morgan fingerprint density at radius 3 is 2.31 bits per heavy atom. The van der Waals surface area contributed by atoms with Gasteiger partial charge in [-0.25, -0.2) is 0 Å². The third-order valence-corrected chi connectivity index (χ3v) is 2.99. The SMILES string of the molecule is COc1ccc([C@@H](O)C2(O)CC2)cc1OC. The van der Waals surface area contributed by atoms with Gasteiger partial charge in [-0.3, -0.25) is 0 Å². The second-order valence-corrected chi connectivity index (χ2v) is 4.12. The molecule has 0 aliphatic heterocycles. The first-order chi connectivity index (χ1) is 7.60. The minimum atomic E-state index is -0.945. The van der Waals surface area contributed by atoms with Crippen LogP contribution in [0.1, 0.15) is 24.5 Å². The van der Waals surface area contributed by atoms with E-state index in [4.69, 9.17) is 9.47 Å². The number of aliphatic hydroxyl groups is 2. The molecule has 1 saturated carbocycles. The van der Waals surface area contributed by atoms with Gasteiger partial charge in [0.2, 0.25) is 0 Å². The molecule has 1 aromatic carbocycles. The third kappa shape index (κ3) is 1.86. The van der Waals surface area contributed by atoms with Crippen LogP contribution in [0.25, 0.3) is 0 Å². The molecule has 0 radical (unpaired) electrons. The fraction of sp³-hybridized carbons (Fsp3) is 0.500. The lowest BCUT2D eigenvalue weighted by Gasteiger charge is -2.18. The maximum atomic E-state index is 9.96. The smallest absolute Gasteiger partial charge is 0.161 e. The van der Waals surface area contributed by atoms with Gasteiger partial charge in [0.1, 0.15) is 6.10 Å². The molecular weight excluding hydrogens is 208 g/mol. The normalized spacial score (nSPS) is 19.0. The number of hydrogen-bond donors (Lipinski definition) is 2. The molecule has 1 aromatic rings. The minimum absolute atomic E-state index is 0.559. The summed E-state index contributed by atoms with van der Waals surface area (Å²) in [5.41, 5.74) is -0.294. The van der Waals surface area contributed by atoms with Gasteiger partial charge in [-0.2, -0.15) is 0 Å². The Morgan fingerprint density at radius 1 is 1.19 bits per heavy atom. The molecule has 4 nitrogen and oxygen atoms in total. The molecule has 4 heteroatoms. The van der Waals surface area contributed by atoms with E-state index in [1.807, 2.05) is 0 Å². The highest BCUT2D eigenvalue weighted by Crippen LogP contribution is 2.46. The predicted molar refractivity (Wildman–Crippen MR) is 58.7 cm³/mol. The van der Waals surface area contributed by atoms with E-state index in [1.54, 1.807) is 32.4 Å². The van der Waals surface area contributed by atoms with Crippen LogP contribution in [0.4, 0.5) is 0 Å². The summed E-state index contributed by atoms with van der Waals surface area (Å²) >= 11 is 0. The Kier molecular flexibility index (Phi) is 2.78. The Labute approximate surface area is 94.4 Å². The Hall–Kier alpha value is -1.26. The summed E-state index contributed by atoms with van der Waals surface area (Å²) in [5.74, 6) is 1.17. The van der Waals surface area contributed by atoms with Crippen LogP contribution in [0.15, 0.2) is 18.2 Å². The van der Waals surface area contributed by atoms with E-state index in [2.05, 4.69) is 0 Å². The highest BCUT2D eigenvalue weighted by atomic mass is 16.5. The molecule has 0 bridgehead atoms. The van der Waals surface area contributed by atoms with Crippen molar-refractivity contribution >= 4 is 0 Å². The third-order valence-electron chi connectivity index (χ3n) is 2.99. The standard InChI is InChI=1S/C12H16O4/c1-15-9-4-3-8(7-10(9)16-2)11(13)12(14)5-6-12/h3-4,7,11,13-14H,5-6H2,1-2H3/t11-/m1/s1. The molecule has 16 heavy (non-hydrogen) atoms. The molecule has 1 aliphatic rings. The van der Waals surface area contributed by atoms with E-state index < -0.39 is 11.7 Å². The van der Waals surface area contributed by atoms with Gasteiger partial charge in [0, 0.05) is 0 Å². The maximum Gasteiger partial charge on any atom is 0.161 e. The van der Waals surface area contributed by atoms with E-state index >= 15 is 0 Å². The zero-order chi connectivity index (χ0) is 11.8. The van der Waals surface area contributed by atoms with E-state index in [1.165, 1.54) is 0 Å². The molecular formula is C12H16O4. The van der Waals surface area contributed by atoms with Gasteiger partial charge >= 0.3 is 0 Å². The van der Waals surface area contributed by atoms with E-state index in [-0.39, 0.29) is 0 Å². The largest absolute Gasteiger partial charge is 0.493 e. The molecule has 0 amide bonds. The molecule has 1 fully saturated rings. The Balaban J connectivity index is 2.28. The highest BCUT2D eigenvalue weighted by Gasteiger charge is 2.47. The maximum absolute atomic E-state index is 9.96. The van der Waals surface area contributed by atoms with Gasteiger partial charge in [0.05, 0.1) is 19.8 Å². The molecule has 0 heterocycles. The first kappa shape index (κ1) is 11.2. The quantitative estimate of drug-likeness (QED) is 0.808. The Bertz CT molecular complexity index is 385. The topological polar surface area (TPSA) is 58.9 Å². The van der Waals surface area contributed by atoms with Gasteiger partial charge in [-0.05, 0) is 30.5 Å². The molecule has 0 aromatic heterocycles. The first-order valence-electron chi connectivity index (χ1n) is 5.23. The van der Waals surface area contributed by atoms with Crippen LogP contribution in [0, 0.1) is 0 Å². The van der Waals surface area contributed by atoms with Crippen LogP contribution in [-0.4, -0.2) is 30.0 Å². The monoisotopic (exact) mass is 224 g/mol. The summed E-state index contributed by atoms with van der Waals surface area (Å²) in [5, 5.41) is 19.8. The molecule has 1 atom stereocenters. The predicted octanol–water partition coefficient (Wildman–Crippen LogP) is 1.26. The summed E-state index contributed by atoms with van der Waals surface area (Å²) in [6.45, 7) is 0. The molecule has 0 unspecified atom stereocenters. The summed E-state index contributed by atoms with van der Waals surface area (Å²) in [6, 6.07) is 5.16. The lowest BCUT2D eigenvalue weighted by Crippen LogP contribution is -2.19. The summed E-state index contributed by atoms with van der Waals surface area (Å²) in [6.07, 6.45) is 0.428. The molecule has 0 spiro atoms. The Morgan fingerprint density at radius 2 is 1.81 bits per heavy atom. The van der Waals surface area contributed by atoms with Gasteiger partial charge in [0.15, 0.2) is 11.5 Å².